The van der Waals surface area contributed by atoms with E-state index in [-0.39, 0.29) is 18.0 Å². The Kier molecular flexibility index (Phi) is 6.77. The van der Waals surface area contributed by atoms with Crippen LogP contribution in [0.25, 0.3) is 10.9 Å². The number of nitrogens with zero attached hydrogens (tertiary/aromatic N) is 3. The van der Waals surface area contributed by atoms with E-state index in [2.05, 4.69) is 35.1 Å². The second kappa shape index (κ2) is 9.47. The first-order chi connectivity index (χ1) is 14.0. The minimum Gasteiger partial charge on any atom is -0.350 e. The van der Waals surface area contributed by atoms with Crippen LogP contribution in [0, 0.1) is 6.92 Å². The third-order valence-electron chi connectivity index (χ3n) is 5.25. The van der Waals surface area contributed by atoms with Gasteiger partial charge in [-0.05, 0) is 42.8 Å². The van der Waals surface area contributed by atoms with Crippen molar-refractivity contribution in [3.05, 3.63) is 75.8 Å². The Morgan fingerprint density at radius 2 is 1.79 bits per heavy atom. The van der Waals surface area contributed by atoms with E-state index in [4.69, 9.17) is 0 Å². The van der Waals surface area contributed by atoms with Crippen molar-refractivity contribution >= 4 is 16.8 Å². The van der Waals surface area contributed by atoms with Gasteiger partial charge in [-0.3, -0.25) is 19.1 Å². The van der Waals surface area contributed by atoms with Crippen LogP contribution in [0.15, 0.2) is 53.6 Å². The molecule has 152 valence electrons. The van der Waals surface area contributed by atoms with Crippen LogP contribution >= 0.6 is 0 Å². The van der Waals surface area contributed by atoms with Crippen molar-refractivity contribution in [2.45, 2.75) is 40.4 Å². The van der Waals surface area contributed by atoms with E-state index in [1.54, 1.807) is 6.07 Å². The summed E-state index contributed by atoms with van der Waals surface area (Å²) >= 11 is 0. The highest BCUT2D eigenvalue weighted by Gasteiger charge is 2.11. The van der Waals surface area contributed by atoms with Crippen molar-refractivity contribution in [1.82, 2.24) is 19.8 Å². The van der Waals surface area contributed by atoms with Crippen LogP contribution < -0.4 is 10.9 Å². The Morgan fingerprint density at radius 3 is 2.52 bits per heavy atom. The van der Waals surface area contributed by atoms with Crippen molar-refractivity contribution in [3.8, 4) is 0 Å². The molecule has 0 radical (unpaired) electrons. The molecule has 6 nitrogen and oxygen atoms in total. The molecule has 1 aromatic heterocycles. The third-order valence-corrected chi connectivity index (χ3v) is 5.25. The lowest BCUT2D eigenvalue weighted by Crippen LogP contribution is -2.32. The molecule has 2 aromatic carbocycles. The number of amides is 1. The number of para-hydroxylation sites is 1. The summed E-state index contributed by atoms with van der Waals surface area (Å²) in [5.41, 5.74) is 3.72. The van der Waals surface area contributed by atoms with E-state index < -0.39 is 0 Å². The Bertz CT molecular complexity index is 1050. The molecular formula is C23H28N4O2. The van der Waals surface area contributed by atoms with Crippen LogP contribution in [-0.4, -0.2) is 33.4 Å². The van der Waals surface area contributed by atoms with E-state index >= 15 is 0 Å². The Balaban J connectivity index is 1.69. The fourth-order valence-electron chi connectivity index (χ4n) is 3.43. The van der Waals surface area contributed by atoms with E-state index in [1.807, 2.05) is 37.3 Å². The van der Waals surface area contributed by atoms with Gasteiger partial charge in [0, 0.05) is 13.1 Å². The molecular weight excluding hydrogens is 364 g/mol. The maximum atomic E-state index is 12.7. The third kappa shape index (κ3) is 4.90. The monoisotopic (exact) mass is 392 g/mol. The van der Waals surface area contributed by atoms with Crippen molar-refractivity contribution in [3.63, 3.8) is 0 Å². The summed E-state index contributed by atoms with van der Waals surface area (Å²) < 4.78 is 1.36. The SMILES string of the molecule is CCN(CC)Cc1ccccc1CNC(=O)Cn1cnc2c(C)cccc2c1=O. The lowest BCUT2D eigenvalue weighted by molar-refractivity contribution is -0.121. The summed E-state index contributed by atoms with van der Waals surface area (Å²) in [5.74, 6) is -0.210. The smallest absolute Gasteiger partial charge is 0.261 e. The fourth-order valence-corrected chi connectivity index (χ4v) is 3.43. The lowest BCUT2D eigenvalue weighted by atomic mass is 10.1. The maximum Gasteiger partial charge on any atom is 0.261 e. The second-order valence-electron chi connectivity index (χ2n) is 7.16. The number of fused-ring (bicyclic) bond motifs is 1. The van der Waals surface area contributed by atoms with Gasteiger partial charge in [0.1, 0.15) is 6.54 Å². The molecule has 0 spiro atoms. The van der Waals surface area contributed by atoms with Crippen molar-refractivity contribution < 1.29 is 4.79 Å². The zero-order valence-corrected chi connectivity index (χ0v) is 17.3. The molecule has 3 aromatic rings. The molecule has 0 saturated heterocycles. The van der Waals surface area contributed by atoms with Gasteiger partial charge in [0.05, 0.1) is 17.2 Å². The van der Waals surface area contributed by atoms with Gasteiger partial charge < -0.3 is 5.32 Å². The molecule has 0 aliphatic heterocycles. The van der Waals surface area contributed by atoms with Crippen LogP contribution in [0.1, 0.15) is 30.5 Å². The topological polar surface area (TPSA) is 67.2 Å². The first-order valence-electron chi connectivity index (χ1n) is 10.0. The molecule has 0 unspecified atom stereocenters. The highest BCUT2D eigenvalue weighted by Crippen LogP contribution is 2.12. The van der Waals surface area contributed by atoms with Gasteiger partial charge >= 0.3 is 0 Å². The standard InChI is InChI=1S/C23H28N4O2/c1-4-26(5-2)14-19-11-7-6-10-18(19)13-24-21(28)15-27-16-25-22-17(3)9-8-12-20(22)23(27)29/h6-12,16H,4-5,13-15H2,1-3H3,(H,24,28). The van der Waals surface area contributed by atoms with Crippen LogP contribution in [0.2, 0.25) is 0 Å². The van der Waals surface area contributed by atoms with E-state index in [1.165, 1.54) is 16.5 Å². The molecule has 0 aliphatic rings. The Hall–Kier alpha value is -2.99. The highest BCUT2D eigenvalue weighted by atomic mass is 16.2. The van der Waals surface area contributed by atoms with E-state index in [0.29, 0.717) is 17.4 Å². The molecule has 3 rings (SSSR count). The quantitative estimate of drug-likeness (QED) is 0.640. The number of carbonyl (C=O) groups excluding carboxylic acids is 1. The molecule has 6 heteroatoms. The van der Waals surface area contributed by atoms with Gasteiger partial charge in [0.15, 0.2) is 0 Å². The molecule has 0 fully saturated rings. The van der Waals surface area contributed by atoms with E-state index in [0.717, 1.165) is 30.8 Å². The number of rotatable bonds is 8. The van der Waals surface area contributed by atoms with Gasteiger partial charge in [0.25, 0.3) is 5.56 Å². The molecule has 0 aliphatic carbocycles. The van der Waals surface area contributed by atoms with Gasteiger partial charge in [-0.1, -0.05) is 50.2 Å². The lowest BCUT2D eigenvalue weighted by Gasteiger charge is -2.20. The summed E-state index contributed by atoms with van der Waals surface area (Å²) in [6.45, 7) is 9.41. The molecule has 0 bridgehead atoms. The number of hydrogen-bond acceptors (Lipinski definition) is 4. The predicted molar refractivity (Wildman–Crippen MR) is 116 cm³/mol. The second-order valence-corrected chi connectivity index (χ2v) is 7.16. The number of hydrogen-bond donors (Lipinski definition) is 1. The fraction of sp³-hybridized carbons (Fsp3) is 0.348. The summed E-state index contributed by atoms with van der Waals surface area (Å²) in [6.07, 6.45) is 1.45. The zero-order chi connectivity index (χ0) is 20.8. The zero-order valence-electron chi connectivity index (χ0n) is 17.3. The number of nitrogens with one attached hydrogen (secondary N) is 1. The highest BCUT2D eigenvalue weighted by molar-refractivity contribution is 5.81. The molecule has 0 atom stereocenters. The number of carbonyl (C=O) groups is 1. The molecule has 1 heterocycles. The number of aryl methyl sites for hydroxylation is 1. The van der Waals surface area contributed by atoms with Crippen molar-refractivity contribution in [2.24, 2.45) is 0 Å². The summed E-state index contributed by atoms with van der Waals surface area (Å²) in [4.78, 5) is 31.8. The van der Waals surface area contributed by atoms with Gasteiger partial charge in [-0.25, -0.2) is 4.98 Å². The number of aromatic nitrogens is 2. The van der Waals surface area contributed by atoms with Gasteiger partial charge in [0.2, 0.25) is 5.91 Å². The average Bonchev–Trinajstić information content (AvgIpc) is 2.73. The van der Waals surface area contributed by atoms with Gasteiger partial charge in [-0.2, -0.15) is 0 Å². The Labute approximate surface area is 171 Å². The minimum absolute atomic E-state index is 0.0477. The van der Waals surface area contributed by atoms with Crippen LogP contribution in [0.5, 0.6) is 0 Å². The molecule has 0 saturated carbocycles. The van der Waals surface area contributed by atoms with Crippen molar-refractivity contribution in [1.29, 1.82) is 0 Å². The van der Waals surface area contributed by atoms with Crippen LogP contribution in [0.4, 0.5) is 0 Å². The largest absolute Gasteiger partial charge is 0.350 e. The summed E-state index contributed by atoms with van der Waals surface area (Å²) in [6, 6.07) is 13.6. The first kappa shape index (κ1) is 20.7. The first-order valence-corrected chi connectivity index (χ1v) is 10.0. The molecule has 1 N–H and O–H groups in total. The molecule has 1 amide bonds. The van der Waals surface area contributed by atoms with Crippen LogP contribution in [-0.2, 0) is 24.4 Å². The van der Waals surface area contributed by atoms with E-state index in [9.17, 15) is 9.59 Å². The summed E-state index contributed by atoms with van der Waals surface area (Å²) in [5, 5.41) is 3.47. The summed E-state index contributed by atoms with van der Waals surface area (Å²) in [7, 11) is 0. The average molecular weight is 393 g/mol. The van der Waals surface area contributed by atoms with Gasteiger partial charge in [-0.15, -0.1) is 0 Å². The minimum atomic E-state index is -0.210. The van der Waals surface area contributed by atoms with Crippen LogP contribution in [0.3, 0.4) is 0 Å². The number of benzene rings is 2. The maximum absolute atomic E-state index is 12.7. The molecule has 29 heavy (non-hydrogen) atoms. The Morgan fingerprint density at radius 1 is 1.07 bits per heavy atom. The van der Waals surface area contributed by atoms with Crippen molar-refractivity contribution in [2.75, 3.05) is 13.1 Å². The normalized spacial score (nSPS) is 11.2. The predicted octanol–water partition coefficient (Wildman–Crippen LogP) is 2.86.